The van der Waals surface area contributed by atoms with Gasteiger partial charge in [0.15, 0.2) is 6.10 Å². The molecule has 178 valence electrons. The highest BCUT2D eigenvalue weighted by Crippen LogP contribution is 2.44. The van der Waals surface area contributed by atoms with Crippen LogP contribution >= 0.6 is 0 Å². The Morgan fingerprint density at radius 2 is 1.59 bits per heavy atom. The summed E-state index contributed by atoms with van der Waals surface area (Å²) in [5.41, 5.74) is 6.97. The highest BCUT2D eigenvalue weighted by molar-refractivity contribution is 5.80. The first-order valence-corrected chi connectivity index (χ1v) is 11.8. The van der Waals surface area contributed by atoms with E-state index in [1.807, 2.05) is 24.3 Å². The molecule has 1 unspecified atom stereocenters. The summed E-state index contributed by atoms with van der Waals surface area (Å²) in [6.07, 6.45) is 1.78. The van der Waals surface area contributed by atoms with Crippen LogP contribution in [0.4, 0.5) is 4.79 Å². The molecule has 3 aliphatic carbocycles. The maximum absolute atomic E-state index is 12.5. The monoisotopic (exact) mass is 464 g/mol. The number of hydroxylamine groups is 1. The summed E-state index contributed by atoms with van der Waals surface area (Å²) < 4.78 is 5.60. The van der Waals surface area contributed by atoms with Gasteiger partial charge in [-0.3, -0.25) is 9.63 Å². The molecule has 0 heterocycles. The van der Waals surface area contributed by atoms with Gasteiger partial charge in [0.1, 0.15) is 6.61 Å². The molecule has 3 aliphatic rings. The third-order valence-corrected chi connectivity index (χ3v) is 7.05. The smallest absolute Gasteiger partial charge is 0.407 e. The number of carbonyl (C=O) groups excluding carboxylic acids is 2. The van der Waals surface area contributed by atoms with Gasteiger partial charge in [-0.2, -0.15) is 0 Å². The Kier molecular flexibility index (Phi) is 6.24. The molecule has 0 aliphatic heterocycles. The predicted molar refractivity (Wildman–Crippen MR) is 123 cm³/mol. The van der Waals surface area contributed by atoms with E-state index in [2.05, 4.69) is 35.1 Å². The molecular weight excluding hydrogens is 436 g/mol. The minimum atomic E-state index is -1.07. The maximum atomic E-state index is 12.5. The molecule has 2 fully saturated rings. The molecule has 0 spiro atoms. The predicted octanol–water partition coefficient (Wildman–Crippen LogP) is 3.60. The molecule has 0 saturated heterocycles. The number of hydrogen-bond donors (Lipinski definition) is 3. The number of amides is 2. The van der Waals surface area contributed by atoms with Crippen LogP contribution in [0, 0.1) is 11.8 Å². The number of carboxylic acids is 1. The lowest BCUT2D eigenvalue weighted by atomic mass is 9.98. The fourth-order valence-corrected chi connectivity index (χ4v) is 5.11. The van der Waals surface area contributed by atoms with Crippen molar-refractivity contribution >= 4 is 18.0 Å². The van der Waals surface area contributed by atoms with Gasteiger partial charge in [-0.05, 0) is 60.3 Å². The summed E-state index contributed by atoms with van der Waals surface area (Å²) in [7, 11) is 0. The van der Waals surface area contributed by atoms with Gasteiger partial charge in [0, 0.05) is 17.9 Å². The lowest BCUT2D eigenvalue weighted by molar-refractivity contribution is -0.163. The highest BCUT2D eigenvalue weighted by atomic mass is 16.7. The van der Waals surface area contributed by atoms with Crippen molar-refractivity contribution in [2.75, 3.05) is 6.61 Å². The number of benzene rings is 2. The van der Waals surface area contributed by atoms with E-state index in [9.17, 15) is 19.5 Å². The van der Waals surface area contributed by atoms with Crippen molar-refractivity contribution in [1.29, 1.82) is 0 Å². The molecule has 3 atom stereocenters. The fourth-order valence-electron chi connectivity index (χ4n) is 5.11. The van der Waals surface area contributed by atoms with Crippen molar-refractivity contribution < 1.29 is 29.1 Å². The summed E-state index contributed by atoms with van der Waals surface area (Å²) >= 11 is 0. The number of hydrogen-bond acceptors (Lipinski definition) is 5. The van der Waals surface area contributed by atoms with Crippen LogP contribution in [0.5, 0.6) is 0 Å². The number of aliphatic carboxylic acids is 1. The van der Waals surface area contributed by atoms with E-state index in [0.29, 0.717) is 19.3 Å². The zero-order valence-corrected chi connectivity index (χ0v) is 18.7. The van der Waals surface area contributed by atoms with E-state index in [1.54, 1.807) is 0 Å². The molecule has 8 heteroatoms. The van der Waals surface area contributed by atoms with Crippen LogP contribution < -0.4 is 10.8 Å². The normalized spacial score (nSPS) is 21.9. The maximum Gasteiger partial charge on any atom is 0.407 e. The van der Waals surface area contributed by atoms with E-state index < -0.39 is 18.2 Å². The minimum Gasteiger partial charge on any atom is -0.479 e. The van der Waals surface area contributed by atoms with Crippen molar-refractivity contribution in [2.45, 2.75) is 50.2 Å². The van der Waals surface area contributed by atoms with Gasteiger partial charge in [0.25, 0.3) is 0 Å². The van der Waals surface area contributed by atoms with Crippen LogP contribution in [-0.4, -0.2) is 41.8 Å². The Balaban J connectivity index is 1.10. The standard InChI is InChI=1S/C26H28N2O6/c29-24(28-34-23(25(30)31)15-9-10-15)16-11-12-17(13-16)27-26(32)33-14-22-20-7-3-1-5-18(20)19-6-2-4-8-21(19)22/h1-8,15-17,22-23H,9-14H2,(H,27,32)(H,28,29)(H,30,31)/t16-,17+,23?/m0/s1. The molecule has 5 rings (SSSR count). The van der Waals surface area contributed by atoms with Gasteiger partial charge in [-0.15, -0.1) is 0 Å². The Bertz CT molecular complexity index is 1050. The fraction of sp³-hybridized carbons (Fsp3) is 0.423. The van der Waals surface area contributed by atoms with Crippen LogP contribution in [0.25, 0.3) is 11.1 Å². The first-order valence-electron chi connectivity index (χ1n) is 11.8. The second kappa shape index (κ2) is 9.46. The first kappa shape index (κ1) is 22.4. The molecular formula is C26H28N2O6. The molecule has 2 aromatic carbocycles. The number of nitrogens with one attached hydrogen (secondary N) is 2. The second-order valence-electron chi connectivity index (χ2n) is 9.36. The Labute approximate surface area is 197 Å². The average Bonchev–Trinajstić information content (AvgIpc) is 3.47. The Morgan fingerprint density at radius 1 is 0.941 bits per heavy atom. The number of ether oxygens (including phenoxy) is 1. The van der Waals surface area contributed by atoms with Crippen LogP contribution in [0.2, 0.25) is 0 Å². The minimum absolute atomic E-state index is 0.00829. The summed E-state index contributed by atoms with van der Waals surface area (Å²) in [6.45, 7) is 0.238. The van der Waals surface area contributed by atoms with Crippen LogP contribution in [0.3, 0.4) is 0 Å². The van der Waals surface area contributed by atoms with Gasteiger partial charge >= 0.3 is 12.1 Å². The van der Waals surface area contributed by atoms with E-state index in [-0.39, 0.29) is 36.3 Å². The van der Waals surface area contributed by atoms with Crippen molar-refractivity contribution in [3.8, 4) is 11.1 Å². The molecule has 3 N–H and O–H groups in total. The summed E-state index contributed by atoms with van der Waals surface area (Å²) in [6, 6.07) is 16.2. The number of carbonyl (C=O) groups is 3. The summed E-state index contributed by atoms with van der Waals surface area (Å²) in [4.78, 5) is 41.3. The van der Waals surface area contributed by atoms with Gasteiger partial charge in [-0.1, -0.05) is 48.5 Å². The van der Waals surface area contributed by atoms with Gasteiger partial charge in [0.2, 0.25) is 5.91 Å². The molecule has 8 nitrogen and oxygen atoms in total. The second-order valence-corrected chi connectivity index (χ2v) is 9.36. The van der Waals surface area contributed by atoms with Crippen LogP contribution in [0.1, 0.15) is 49.1 Å². The number of carboxylic acid groups (broad SMARTS) is 1. The van der Waals surface area contributed by atoms with Crippen molar-refractivity contribution in [2.24, 2.45) is 11.8 Å². The zero-order valence-electron chi connectivity index (χ0n) is 18.7. The third kappa shape index (κ3) is 4.63. The molecule has 2 aromatic rings. The molecule has 0 radical (unpaired) electrons. The molecule has 2 saturated carbocycles. The van der Waals surface area contributed by atoms with E-state index >= 15 is 0 Å². The van der Waals surface area contributed by atoms with E-state index in [4.69, 9.17) is 9.57 Å². The number of alkyl carbamates (subject to hydrolysis) is 1. The SMILES string of the molecule is O=C(N[C@@H]1CC[C@H](C(=O)NOC(C(=O)O)C2CC2)C1)OCC1c2ccccc2-c2ccccc21. The quantitative estimate of drug-likeness (QED) is 0.515. The third-order valence-electron chi connectivity index (χ3n) is 7.05. The number of fused-ring (bicyclic) bond motifs is 3. The van der Waals surface area contributed by atoms with Crippen LogP contribution in [0.15, 0.2) is 48.5 Å². The van der Waals surface area contributed by atoms with Crippen molar-refractivity contribution in [1.82, 2.24) is 10.8 Å². The molecule has 34 heavy (non-hydrogen) atoms. The van der Waals surface area contributed by atoms with Gasteiger partial charge < -0.3 is 15.2 Å². The van der Waals surface area contributed by atoms with Crippen molar-refractivity contribution in [3.05, 3.63) is 59.7 Å². The Hall–Kier alpha value is -3.39. The highest BCUT2D eigenvalue weighted by Gasteiger charge is 2.39. The average molecular weight is 465 g/mol. The zero-order chi connectivity index (χ0) is 23.7. The summed E-state index contributed by atoms with van der Waals surface area (Å²) in [5, 5.41) is 12.1. The Morgan fingerprint density at radius 3 is 2.21 bits per heavy atom. The van der Waals surface area contributed by atoms with Gasteiger partial charge in [0.05, 0.1) is 0 Å². The molecule has 0 bridgehead atoms. The van der Waals surface area contributed by atoms with Gasteiger partial charge in [-0.25, -0.2) is 15.1 Å². The molecule has 0 aromatic heterocycles. The topological polar surface area (TPSA) is 114 Å². The first-order chi connectivity index (χ1) is 16.5. The lowest BCUT2D eigenvalue weighted by Crippen LogP contribution is -2.39. The van der Waals surface area contributed by atoms with E-state index in [1.165, 1.54) is 11.1 Å². The lowest BCUT2D eigenvalue weighted by Gasteiger charge is -2.17. The van der Waals surface area contributed by atoms with Crippen LogP contribution in [-0.2, 0) is 19.2 Å². The van der Waals surface area contributed by atoms with E-state index in [0.717, 1.165) is 24.0 Å². The largest absolute Gasteiger partial charge is 0.479 e. The summed E-state index contributed by atoms with van der Waals surface area (Å²) in [5.74, 6) is -1.80. The number of rotatable bonds is 8. The van der Waals surface area contributed by atoms with Crippen molar-refractivity contribution in [3.63, 3.8) is 0 Å². The molecule has 2 amide bonds.